The second-order valence-corrected chi connectivity index (χ2v) is 8.88. The van der Waals surface area contributed by atoms with E-state index in [1.807, 2.05) is 42.9 Å². The number of H-pyrrole nitrogens is 2. The molecular weight excluding hydrogens is 378 g/mol. The van der Waals surface area contributed by atoms with Crippen LogP contribution in [0.25, 0.3) is 22.7 Å². The lowest BCUT2D eigenvalue weighted by Crippen LogP contribution is -2.97. The molecule has 6 rings (SSSR count). The van der Waals surface area contributed by atoms with Crippen molar-refractivity contribution in [2.24, 2.45) is 0 Å². The van der Waals surface area contributed by atoms with Crippen LogP contribution in [0.4, 0.5) is 5.69 Å². The zero-order chi connectivity index (χ0) is 20.5. The van der Waals surface area contributed by atoms with Crippen LogP contribution < -0.4 is 25.7 Å². The minimum atomic E-state index is -0.0555. The topological polar surface area (TPSA) is 86.9 Å². The Balaban J connectivity index is 1.41. The molecule has 1 aliphatic carbocycles. The molecule has 0 aromatic carbocycles. The van der Waals surface area contributed by atoms with Gasteiger partial charge in [0.25, 0.3) is 5.65 Å². The van der Waals surface area contributed by atoms with Crippen molar-refractivity contribution in [1.29, 1.82) is 0 Å². The molecule has 0 bridgehead atoms. The summed E-state index contributed by atoms with van der Waals surface area (Å²) in [6.07, 6.45) is 6.51. The molecule has 8 heteroatoms. The number of aromatic amines is 2. The average Bonchev–Trinajstić information content (AvgIpc) is 3.35. The molecule has 4 aromatic heterocycles. The summed E-state index contributed by atoms with van der Waals surface area (Å²) in [5.41, 5.74) is 6.79. The lowest BCUT2D eigenvalue weighted by Gasteiger charge is -2.32. The van der Waals surface area contributed by atoms with Crippen LogP contribution in [0.5, 0.6) is 0 Å². The van der Waals surface area contributed by atoms with E-state index in [0.717, 1.165) is 53.6 Å². The molecule has 4 aromatic rings. The van der Waals surface area contributed by atoms with Gasteiger partial charge < -0.3 is 10.2 Å². The van der Waals surface area contributed by atoms with E-state index in [-0.39, 0.29) is 5.56 Å². The molecule has 2 aliphatic rings. The zero-order valence-corrected chi connectivity index (χ0v) is 17.3. The number of rotatable bonds is 2. The smallest absolute Gasteiger partial charge is 0.343 e. The molecule has 1 spiro atoms. The number of piperazine rings is 1. The van der Waals surface area contributed by atoms with Gasteiger partial charge >= 0.3 is 11.2 Å². The number of hydrogen-bond acceptors (Lipinski definition) is 3. The minimum absolute atomic E-state index is 0.0555. The molecule has 30 heavy (non-hydrogen) atoms. The third kappa shape index (κ3) is 2.79. The number of hydrogen-bond donors (Lipinski definition) is 1. The fourth-order valence-electron chi connectivity index (χ4n) is 4.69. The van der Waals surface area contributed by atoms with Crippen LogP contribution in [0.1, 0.15) is 24.1 Å². The molecule has 2 fully saturated rings. The summed E-state index contributed by atoms with van der Waals surface area (Å²) in [6, 6.07) is 7.75. The van der Waals surface area contributed by atoms with E-state index in [2.05, 4.69) is 31.3 Å². The molecule has 1 saturated heterocycles. The van der Waals surface area contributed by atoms with E-state index in [0.29, 0.717) is 11.2 Å². The van der Waals surface area contributed by atoms with Crippen LogP contribution >= 0.6 is 0 Å². The number of aryl methyl sites for hydroxylation is 2. The lowest BCUT2D eigenvalue weighted by atomic mass is 10.1. The quantitative estimate of drug-likeness (QED) is 0.501. The van der Waals surface area contributed by atoms with E-state index in [9.17, 15) is 4.79 Å². The normalized spacial score (nSPS) is 17.9. The van der Waals surface area contributed by atoms with Gasteiger partial charge in [-0.25, -0.2) is 14.8 Å². The highest BCUT2D eigenvalue weighted by Gasteiger charge is 2.50. The van der Waals surface area contributed by atoms with Crippen molar-refractivity contribution in [2.75, 3.05) is 24.5 Å². The van der Waals surface area contributed by atoms with Gasteiger partial charge in [0, 0.05) is 31.4 Å². The number of nitrogens with zero attached hydrogens (tertiary/aromatic N) is 4. The Morgan fingerprint density at radius 2 is 2.00 bits per heavy atom. The number of anilines is 1. The molecule has 0 amide bonds. The maximum atomic E-state index is 13.0. The van der Waals surface area contributed by atoms with E-state index in [1.165, 1.54) is 12.8 Å². The Bertz CT molecular complexity index is 1370. The first-order valence-corrected chi connectivity index (χ1v) is 10.6. The van der Waals surface area contributed by atoms with Gasteiger partial charge in [-0.1, -0.05) is 5.10 Å². The first kappa shape index (κ1) is 17.6. The molecule has 4 N–H and O–H groups in total. The van der Waals surface area contributed by atoms with Crippen LogP contribution in [0, 0.1) is 13.8 Å². The maximum absolute atomic E-state index is 13.0. The second kappa shape index (κ2) is 6.12. The number of nitrogens with two attached hydrogens (primary N) is 1. The summed E-state index contributed by atoms with van der Waals surface area (Å²) in [6.45, 7) is 7.23. The Morgan fingerprint density at radius 3 is 2.83 bits per heavy atom. The predicted molar refractivity (Wildman–Crippen MR) is 111 cm³/mol. The first-order chi connectivity index (χ1) is 14.5. The highest BCUT2D eigenvalue weighted by Crippen LogP contribution is 2.34. The van der Waals surface area contributed by atoms with Gasteiger partial charge in [0.05, 0.1) is 31.4 Å². The second-order valence-electron chi connectivity index (χ2n) is 8.88. The van der Waals surface area contributed by atoms with Gasteiger partial charge in [-0.15, -0.1) is 4.52 Å². The molecule has 0 radical (unpaired) electrons. The van der Waals surface area contributed by atoms with Gasteiger partial charge in [-0.05, 0) is 19.1 Å². The highest BCUT2D eigenvalue weighted by molar-refractivity contribution is 5.57. The Labute approximate surface area is 173 Å². The SMILES string of the molecule is Cc1cn2nc(-c3cc(=O)n4cc(N5CC[NH2+]C6(CC6)C5)ccc4[nH+]3)cc(C)c2[nH+]1. The third-order valence-corrected chi connectivity index (χ3v) is 6.52. The summed E-state index contributed by atoms with van der Waals surface area (Å²) < 4.78 is 3.54. The van der Waals surface area contributed by atoms with Gasteiger partial charge in [-0.3, -0.25) is 0 Å². The molecule has 1 aliphatic heterocycles. The maximum Gasteiger partial charge on any atom is 0.343 e. The molecule has 5 heterocycles. The Kier molecular flexibility index (Phi) is 3.59. The largest absolute Gasteiger partial charge is 0.357 e. The number of aromatic nitrogens is 5. The Hall–Kier alpha value is -3.26. The monoisotopic (exact) mass is 404 g/mol. The molecule has 152 valence electrons. The van der Waals surface area contributed by atoms with Crippen LogP contribution in [-0.4, -0.2) is 39.2 Å². The van der Waals surface area contributed by atoms with Crippen molar-refractivity contribution in [1.82, 2.24) is 14.0 Å². The van der Waals surface area contributed by atoms with Crippen LogP contribution in [0.15, 0.2) is 41.5 Å². The van der Waals surface area contributed by atoms with E-state index in [1.54, 1.807) is 10.5 Å². The number of quaternary nitrogens is 1. The van der Waals surface area contributed by atoms with Crippen molar-refractivity contribution in [3.05, 3.63) is 58.3 Å². The summed E-state index contributed by atoms with van der Waals surface area (Å²) in [5, 5.41) is 7.18. The van der Waals surface area contributed by atoms with E-state index < -0.39 is 0 Å². The average molecular weight is 404 g/mol. The van der Waals surface area contributed by atoms with Gasteiger partial charge in [0.1, 0.15) is 17.4 Å². The predicted octanol–water partition coefficient (Wildman–Crippen LogP) is -0.225. The molecule has 0 unspecified atom stereocenters. The summed E-state index contributed by atoms with van der Waals surface area (Å²) >= 11 is 0. The van der Waals surface area contributed by atoms with Gasteiger partial charge in [0.15, 0.2) is 17.6 Å². The van der Waals surface area contributed by atoms with Gasteiger partial charge in [-0.2, -0.15) is 4.40 Å². The third-order valence-electron chi connectivity index (χ3n) is 6.52. The van der Waals surface area contributed by atoms with E-state index in [4.69, 9.17) is 0 Å². The summed E-state index contributed by atoms with van der Waals surface area (Å²) in [5.74, 6) is 0. The van der Waals surface area contributed by atoms with Crippen molar-refractivity contribution < 1.29 is 15.3 Å². The summed E-state index contributed by atoms with van der Waals surface area (Å²) in [7, 11) is 0. The number of fused-ring (bicyclic) bond motifs is 2. The number of imidazole rings is 1. The molecule has 0 atom stereocenters. The lowest BCUT2D eigenvalue weighted by molar-refractivity contribution is -0.704. The standard InChI is InChI=1S/C22H23N7O/c1-14-9-18(26-29-11-15(2)24-21(14)29)17-10-20(30)28-12-16(3-4-19(28)25-17)27-8-7-23-22(13-27)5-6-22/h3-4,9-12,23H,5-8,13H2,1-2H3/p+3. The minimum Gasteiger partial charge on any atom is -0.357 e. The van der Waals surface area contributed by atoms with Gasteiger partial charge in [0.2, 0.25) is 0 Å². The fourth-order valence-corrected chi connectivity index (χ4v) is 4.69. The van der Waals surface area contributed by atoms with E-state index >= 15 is 0 Å². The van der Waals surface area contributed by atoms with Crippen molar-refractivity contribution >= 4 is 17.0 Å². The number of nitrogens with one attached hydrogen (secondary N) is 2. The Morgan fingerprint density at radius 1 is 1.13 bits per heavy atom. The first-order valence-electron chi connectivity index (χ1n) is 10.6. The number of pyridine rings is 1. The summed E-state index contributed by atoms with van der Waals surface area (Å²) in [4.78, 5) is 22.1. The molecule has 1 saturated carbocycles. The highest BCUT2D eigenvalue weighted by atomic mass is 16.1. The van der Waals surface area contributed by atoms with Crippen LogP contribution in [0.2, 0.25) is 0 Å². The van der Waals surface area contributed by atoms with Crippen LogP contribution in [-0.2, 0) is 0 Å². The van der Waals surface area contributed by atoms with Crippen molar-refractivity contribution in [3.8, 4) is 11.4 Å². The zero-order valence-electron chi connectivity index (χ0n) is 17.3. The molecule has 8 nitrogen and oxygen atoms in total. The van der Waals surface area contributed by atoms with Crippen molar-refractivity contribution in [3.63, 3.8) is 0 Å². The fraction of sp³-hybridized carbons (Fsp3) is 0.364. The van der Waals surface area contributed by atoms with Crippen molar-refractivity contribution in [2.45, 2.75) is 32.2 Å². The van der Waals surface area contributed by atoms with Crippen LogP contribution in [0.3, 0.4) is 0 Å². The molecular formula is C22H26N7O+3.